The molecule has 8 heteroatoms. The van der Waals surface area contributed by atoms with E-state index >= 15 is 0 Å². The topological polar surface area (TPSA) is 91.6 Å². The summed E-state index contributed by atoms with van der Waals surface area (Å²) in [5, 5.41) is 15.1. The Labute approximate surface area is 99.7 Å². The molecule has 1 unspecified atom stereocenters. The number of hydrogen-bond donors (Lipinski definition) is 1. The van der Waals surface area contributed by atoms with Gasteiger partial charge in [0.25, 0.3) is 5.91 Å². The summed E-state index contributed by atoms with van der Waals surface area (Å²) in [5.41, 5.74) is 3.80. The number of primary amides is 1. The lowest BCUT2D eigenvalue weighted by atomic mass is 10.2. The molecule has 0 saturated carbocycles. The minimum atomic E-state index is -4.50. The normalized spacial score (nSPS) is 13.2. The molecule has 0 fully saturated rings. The van der Waals surface area contributed by atoms with Crippen LogP contribution in [0.1, 0.15) is 5.56 Å². The van der Waals surface area contributed by atoms with Gasteiger partial charge in [-0.15, -0.1) is 0 Å². The van der Waals surface area contributed by atoms with Crippen molar-refractivity contribution in [3.8, 4) is 6.07 Å². The van der Waals surface area contributed by atoms with Gasteiger partial charge in [0.15, 0.2) is 0 Å². The van der Waals surface area contributed by atoms with Crippen molar-refractivity contribution in [2.45, 2.75) is 12.2 Å². The van der Waals surface area contributed by atoms with Gasteiger partial charge in [0.2, 0.25) is 6.04 Å². The van der Waals surface area contributed by atoms with Gasteiger partial charge in [0.05, 0.1) is 11.3 Å². The smallest absolute Gasteiger partial charge is 0.367 e. The second-order valence-electron chi connectivity index (χ2n) is 3.20. The van der Waals surface area contributed by atoms with Crippen molar-refractivity contribution < 1.29 is 18.0 Å². The first-order valence-corrected chi connectivity index (χ1v) is 4.61. The minimum absolute atomic E-state index is 0.119. The summed E-state index contributed by atoms with van der Waals surface area (Å²) in [6, 6.07) is 3.96. The highest BCUT2D eigenvalue weighted by Crippen LogP contribution is 2.31. The lowest BCUT2D eigenvalue weighted by Crippen LogP contribution is -2.24. The van der Waals surface area contributed by atoms with Crippen molar-refractivity contribution in [1.29, 1.82) is 5.26 Å². The van der Waals surface area contributed by atoms with E-state index in [9.17, 15) is 18.0 Å². The molecular weight excluding hydrogens is 249 g/mol. The second-order valence-corrected chi connectivity index (χ2v) is 3.20. The molecule has 1 amide bonds. The maximum absolute atomic E-state index is 12.4. The number of hydrogen-bond acceptors (Lipinski definition) is 4. The average Bonchev–Trinajstić information content (AvgIpc) is 2.28. The molecule has 0 aromatic heterocycles. The summed E-state index contributed by atoms with van der Waals surface area (Å²) in [5.74, 6) is -1.02. The third-order valence-electron chi connectivity index (χ3n) is 1.85. The Morgan fingerprint density at radius 1 is 1.44 bits per heavy atom. The second kappa shape index (κ2) is 5.27. The van der Waals surface area contributed by atoms with Crippen LogP contribution in [-0.4, -0.2) is 11.9 Å². The third kappa shape index (κ3) is 3.55. The largest absolute Gasteiger partial charge is 0.416 e. The van der Waals surface area contributed by atoms with Gasteiger partial charge in [0, 0.05) is 0 Å². The zero-order valence-electron chi connectivity index (χ0n) is 8.85. The summed E-state index contributed by atoms with van der Waals surface area (Å²) >= 11 is 0. The molecule has 1 aromatic rings. The van der Waals surface area contributed by atoms with Gasteiger partial charge >= 0.3 is 6.18 Å². The lowest BCUT2D eigenvalue weighted by molar-refractivity contribution is -0.137. The van der Waals surface area contributed by atoms with Gasteiger partial charge in [-0.3, -0.25) is 4.79 Å². The molecule has 0 bridgehead atoms. The Hall–Kier alpha value is -2.43. The number of alkyl halides is 3. The lowest BCUT2D eigenvalue weighted by Gasteiger charge is -2.06. The minimum Gasteiger partial charge on any atom is -0.367 e. The van der Waals surface area contributed by atoms with E-state index in [1.807, 2.05) is 0 Å². The molecule has 0 aliphatic rings. The van der Waals surface area contributed by atoms with Crippen LogP contribution in [0.15, 0.2) is 34.5 Å². The number of nitrogens with two attached hydrogens (primary N) is 1. The highest BCUT2D eigenvalue weighted by molar-refractivity contribution is 5.82. The number of carbonyl (C=O) groups is 1. The maximum Gasteiger partial charge on any atom is 0.416 e. The monoisotopic (exact) mass is 256 g/mol. The Morgan fingerprint density at radius 3 is 2.61 bits per heavy atom. The number of benzene rings is 1. The van der Waals surface area contributed by atoms with Crippen LogP contribution in [0.5, 0.6) is 0 Å². The van der Waals surface area contributed by atoms with Crippen LogP contribution in [0.3, 0.4) is 0 Å². The van der Waals surface area contributed by atoms with Gasteiger partial charge in [-0.25, -0.2) is 0 Å². The number of halogens is 3. The molecule has 1 aromatic carbocycles. The zero-order valence-corrected chi connectivity index (χ0v) is 8.85. The molecule has 18 heavy (non-hydrogen) atoms. The molecule has 2 N–H and O–H groups in total. The van der Waals surface area contributed by atoms with Crippen molar-refractivity contribution in [3.05, 3.63) is 29.8 Å². The quantitative estimate of drug-likeness (QED) is 0.839. The number of carbonyl (C=O) groups excluding carboxylic acids is 1. The number of nitrogens with zero attached hydrogens (tertiary/aromatic N) is 3. The Morgan fingerprint density at radius 2 is 2.11 bits per heavy atom. The molecule has 0 aliphatic heterocycles. The van der Waals surface area contributed by atoms with Crippen LogP contribution in [0.25, 0.3) is 0 Å². The number of amides is 1. The van der Waals surface area contributed by atoms with E-state index in [1.54, 1.807) is 0 Å². The molecule has 1 rings (SSSR count). The van der Waals surface area contributed by atoms with Gasteiger partial charge in [-0.05, 0) is 18.2 Å². The number of nitriles is 1. The molecule has 94 valence electrons. The summed E-state index contributed by atoms with van der Waals surface area (Å²) < 4.78 is 37.1. The summed E-state index contributed by atoms with van der Waals surface area (Å²) in [4.78, 5) is 10.6. The van der Waals surface area contributed by atoms with Gasteiger partial charge < -0.3 is 5.73 Å². The van der Waals surface area contributed by atoms with Crippen molar-refractivity contribution in [2.24, 2.45) is 16.0 Å². The van der Waals surface area contributed by atoms with E-state index in [1.165, 1.54) is 12.1 Å². The molecule has 0 radical (unpaired) electrons. The van der Waals surface area contributed by atoms with Crippen LogP contribution in [0.2, 0.25) is 0 Å². The molecule has 0 spiro atoms. The van der Waals surface area contributed by atoms with Crippen LogP contribution >= 0.6 is 0 Å². The SMILES string of the molecule is N#CC(N=Nc1cccc(C(F)(F)F)c1)C(N)=O. The van der Waals surface area contributed by atoms with E-state index in [4.69, 9.17) is 11.0 Å². The first-order chi connectivity index (χ1) is 8.34. The Bertz CT molecular complexity index is 519. The molecule has 0 heterocycles. The third-order valence-corrected chi connectivity index (χ3v) is 1.85. The first kappa shape index (κ1) is 13.6. The summed E-state index contributed by atoms with van der Waals surface area (Å²) in [6.07, 6.45) is -4.50. The molecule has 1 atom stereocenters. The van der Waals surface area contributed by atoms with E-state index in [0.717, 1.165) is 18.2 Å². The fourth-order valence-electron chi connectivity index (χ4n) is 1.02. The van der Waals surface area contributed by atoms with Gasteiger partial charge in [-0.2, -0.15) is 28.7 Å². The molecule has 0 saturated heterocycles. The summed E-state index contributed by atoms with van der Waals surface area (Å²) in [6.45, 7) is 0. The van der Waals surface area contributed by atoms with Crippen LogP contribution in [0.4, 0.5) is 18.9 Å². The van der Waals surface area contributed by atoms with Gasteiger partial charge in [-0.1, -0.05) is 6.07 Å². The first-order valence-electron chi connectivity index (χ1n) is 4.61. The van der Waals surface area contributed by atoms with E-state index < -0.39 is 23.7 Å². The maximum atomic E-state index is 12.4. The van der Waals surface area contributed by atoms with Crippen molar-refractivity contribution in [1.82, 2.24) is 0 Å². The fourth-order valence-corrected chi connectivity index (χ4v) is 1.02. The van der Waals surface area contributed by atoms with E-state index in [-0.39, 0.29) is 5.69 Å². The molecule has 5 nitrogen and oxygen atoms in total. The predicted molar refractivity (Wildman–Crippen MR) is 54.6 cm³/mol. The Kier molecular flexibility index (Phi) is 3.99. The van der Waals surface area contributed by atoms with E-state index in [0.29, 0.717) is 0 Å². The number of rotatable bonds is 3. The summed E-state index contributed by atoms with van der Waals surface area (Å²) in [7, 11) is 0. The standard InChI is InChI=1S/C10H7F3N4O/c11-10(12,13)6-2-1-3-7(4-6)16-17-8(5-14)9(15)18/h1-4,8H,(H2,15,18). The Balaban J connectivity index is 2.96. The van der Waals surface area contributed by atoms with Crippen molar-refractivity contribution in [3.63, 3.8) is 0 Å². The number of azo groups is 1. The van der Waals surface area contributed by atoms with Crippen molar-refractivity contribution >= 4 is 11.6 Å². The van der Waals surface area contributed by atoms with Gasteiger partial charge in [0.1, 0.15) is 6.07 Å². The van der Waals surface area contributed by atoms with Crippen LogP contribution in [-0.2, 0) is 11.0 Å². The average molecular weight is 256 g/mol. The predicted octanol–water partition coefficient (Wildman–Crippen LogP) is 2.17. The highest BCUT2D eigenvalue weighted by atomic mass is 19.4. The fraction of sp³-hybridized carbons (Fsp3) is 0.200. The molecular formula is C10H7F3N4O. The zero-order chi connectivity index (χ0) is 13.8. The highest BCUT2D eigenvalue weighted by Gasteiger charge is 2.30. The molecule has 0 aliphatic carbocycles. The van der Waals surface area contributed by atoms with Crippen LogP contribution < -0.4 is 5.73 Å². The van der Waals surface area contributed by atoms with Crippen LogP contribution in [0, 0.1) is 11.3 Å². The van der Waals surface area contributed by atoms with E-state index in [2.05, 4.69) is 10.2 Å². The van der Waals surface area contributed by atoms with Crippen molar-refractivity contribution in [2.75, 3.05) is 0 Å².